The van der Waals surface area contributed by atoms with Crippen LogP contribution < -0.4 is 0 Å². The van der Waals surface area contributed by atoms with Crippen molar-refractivity contribution in [3.05, 3.63) is 22.6 Å². The molecule has 0 aromatic carbocycles. The maximum atomic E-state index is 5.34. The van der Waals surface area contributed by atoms with E-state index < -0.39 is 0 Å². The summed E-state index contributed by atoms with van der Waals surface area (Å²) < 4.78 is 5.34. The predicted octanol–water partition coefficient (Wildman–Crippen LogP) is 2.63. The van der Waals surface area contributed by atoms with Crippen molar-refractivity contribution in [1.82, 2.24) is 0 Å². The first-order valence-electron chi connectivity index (χ1n) is 3.16. The minimum atomic E-state index is 0. The molecule has 0 aliphatic heterocycles. The van der Waals surface area contributed by atoms with Crippen LogP contribution in [0.2, 0.25) is 0 Å². The van der Waals surface area contributed by atoms with Crippen molar-refractivity contribution in [3.63, 3.8) is 0 Å². The fourth-order valence-corrected chi connectivity index (χ4v) is 0.911. The molecule has 58 valence electrons. The zero-order valence-corrected chi connectivity index (χ0v) is 7.91. The van der Waals surface area contributed by atoms with Crippen LogP contribution in [0.5, 0.6) is 0 Å². The first-order chi connectivity index (χ1) is 4.13. The first-order valence-corrected chi connectivity index (χ1v) is 3.16. The van der Waals surface area contributed by atoms with Crippen molar-refractivity contribution in [3.8, 4) is 0 Å². The second-order valence-electron chi connectivity index (χ2n) is 2.46. The highest BCUT2D eigenvalue weighted by Crippen LogP contribution is 2.18. The van der Waals surface area contributed by atoms with Crippen LogP contribution in [-0.4, -0.2) is 0 Å². The summed E-state index contributed by atoms with van der Waals surface area (Å²) in [4.78, 5) is 0. The highest BCUT2D eigenvalue weighted by atomic mass is 32.1. The van der Waals surface area contributed by atoms with E-state index in [2.05, 4.69) is 13.8 Å². The van der Waals surface area contributed by atoms with Crippen LogP contribution in [0.4, 0.5) is 0 Å². The van der Waals surface area contributed by atoms with Crippen LogP contribution in [0, 0.1) is 27.7 Å². The van der Waals surface area contributed by atoms with E-state index in [4.69, 9.17) is 4.42 Å². The van der Waals surface area contributed by atoms with Gasteiger partial charge in [-0.1, -0.05) is 0 Å². The maximum absolute atomic E-state index is 5.34. The lowest BCUT2D eigenvalue weighted by Gasteiger charge is -1.85. The minimum absolute atomic E-state index is 0. The smallest absolute Gasteiger partial charge is 0.104 e. The van der Waals surface area contributed by atoms with Gasteiger partial charge in [0.2, 0.25) is 0 Å². The van der Waals surface area contributed by atoms with E-state index in [1.807, 2.05) is 13.8 Å². The lowest BCUT2D eigenvalue weighted by molar-refractivity contribution is 0.501. The Labute approximate surface area is 68.9 Å². The summed E-state index contributed by atoms with van der Waals surface area (Å²) in [5.41, 5.74) is 2.57. The summed E-state index contributed by atoms with van der Waals surface area (Å²) in [6.45, 7) is 8.16. The number of hydrogen-bond acceptors (Lipinski definition) is 1. The molecular weight excluding hydrogens is 144 g/mol. The zero-order valence-electron chi connectivity index (χ0n) is 6.91. The normalized spacial score (nSPS) is 9.20. The molecule has 1 aromatic rings. The monoisotopic (exact) mass is 158 g/mol. The molecule has 0 unspecified atom stereocenters. The van der Waals surface area contributed by atoms with Crippen molar-refractivity contribution in [2.24, 2.45) is 0 Å². The summed E-state index contributed by atoms with van der Waals surface area (Å²) >= 11 is 0. The Kier molecular flexibility index (Phi) is 3.03. The van der Waals surface area contributed by atoms with E-state index in [9.17, 15) is 0 Å². The third kappa shape index (κ3) is 1.37. The van der Waals surface area contributed by atoms with Gasteiger partial charge in [-0.05, 0) is 38.8 Å². The van der Waals surface area contributed by atoms with Crippen molar-refractivity contribution >= 4 is 13.5 Å². The third-order valence-electron chi connectivity index (χ3n) is 1.92. The molecule has 0 aliphatic rings. The summed E-state index contributed by atoms with van der Waals surface area (Å²) in [6, 6.07) is 0. The van der Waals surface area contributed by atoms with Gasteiger partial charge in [0, 0.05) is 0 Å². The van der Waals surface area contributed by atoms with Crippen LogP contribution in [0.3, 0.4) is 0 Å². The minimum Gasteiger partial charge on any atom is -0.466 e. The zero-order chi connectivity index (χ0) is 7.02. The van der Waals surface area contributed by atoms with E-state index in [1.165, 1.54) is 11.1 Å². The molecule has 1 aromatic heterocycles. The van der Waals surface area contributed by atoms with Gasteiger partial charge in [0.15, 0.2) is 0 Å². The van der Waals surface area contributed by atoms with E-state index in [-0.39, 0.29) is 13.5 Å². The van der Waals surface area contributed by atoms with Gasteiger partial charge >= 0.3 is 0 Å². The molecule has 1 nitrogen and oxygen atoms in total. The lowest BCUT2D eigenvalue weighted by Crippen LogP contribution is -1.73. The topological polar surface area (TPSA) is 13.1 Å². The Morgan fingerprint density at radius 3 is 1.20 bits per heavy atom. The van der Waals surface area contributed by atoms with Gasteiger partial charge in [0.25, 0.3) is 0 Å². The molecule has 0 radical (unpaired) electrons. The molecule has 0 bridgehead atoms. The molecule has 1 rings (SSSR count). The van der Waals surface area contributed by atoms with Gasteiger partial charge < -0.3 is 4.42 Å². The molecule has 0 aliphatic carbocycles. The molecular formula is C8H14OS. The van der Waals surface area contributed by atoms with Gasteiger partial charge in [-0.25, -0.2) is 0 Å². The predicted molar refractivity (Wildman–Crippen MR) is 48.0 cm³/mol. The number of rotatable bonds is 0. The van der Waals surface area contributed by atoms with Gasteiger partial charge in [-0.3, -0.25) is 0 Å². The third-order valence-corrected chi connectivity index (χ3v) is 1.92. The van der Waals surface area contributed by atoms with Crippen molar-refractivity contribution in [2.75, 3.05) is 0 Å². The van der Waals surface area contributed by atoms with Crippen molar-refractivity contribution in [2.45, 2.75) is 27.7 Å². The second-order valence-corrected chi connectivity index (χ2v) is 2.46. The fraction of sp³-hybridized carbons (Fsp3) is 0.500. The van der Waals surface area contributed by atoms with Crippen LogP contribution >= 0.6 is 13.5 Å². The highest BCUT2D eigenvalue weighted by molar-refractivity contribution is 7.59. The summed E-state index contributed by atoms with van der Waals surface area (Å²) in [6.07, 6.45) is 0. The van der Waals surface area contributed by atoms with E-state index in [1.54, 1.807) is 0 Å². The van der Waals surface area contributed by atoms with Crippen LogP contribution in [0.1, 0.15) is 22.6 Å². The Balaban J connectivity index is 0.000000810. The molecule has 0 spiro atoms. The van der Waals surface area contributed by atoms with E-state index >= 15 is 0 Å². The molecule has 0 atom stereocenters. The van der Waals surface area contributed by atoms with Gasteiger partial charge in [0.05, 0.1) is 0 Å². The molecule has 2 heteroatoms. The SMILES string of the molecule is Cc1oc(C)c(C)c1C.S. The summed E-state index contributed by atoms with van der Waals surface area (Å²) in [5, 5.41) is 0. The number of hydrogen-bond donors (Lipinski definition) is 0. The Morgan fingerprint density at radius 1 is 0.800 bits per heavy atom. The number of furan rings is 1. The average molecular weight is 158 g/mol. The molecule has 0 N–H and O–H groups in total. The molecule has 1 heterocycles. The molecule has 10 heavy (non-hydrogen) atoms. The van der Waals surface area contributed by atoms with Gasteiger partial charge in [0.1, 0.15) is 11.5 Å². The second kappa shape index (κ2) is 3.15. The maximum Gasteiger partial charge on any atom is 0.104 e. The average Bonchev–Trinajstić information content (AvgIpc) is 1.98. The van der Waals surface area contributed by atoms with Crippen LogP contribution in [0.15, 0.2) is 4.42 Å². The molecule has 0 amide bonds. The van der Waals surface area contributed by atoms with E-state index in [0.717, 1.165) is 11.5 Å². The lowest BCUT2D eigenvalue weighted by atomic mass is 10.2. The summed E-state index contributed by atoms with van der Waals surface area (Å²) in [5.74, 6) is 2.09. The summed E-state index contributed by atoms with van der Waals surface area (Å²) in [7, 11) is 0. The van der Waals surface area contributed by atoms with Gasteiger partial charge in [-0.2, -0.15) is 13.5 Å². The van der Waals surface area contributed by atoms with Gasteiger partial charge in [-0.15, -0.1) is 0 Å². The Hall–Kier alpha value is -0.370. The first kappa shape index (κ1) is 9.63. The number of aryl methyl sites for hydroxylation is 2. The van der Waals surface area contributed by atoms with E-state index in [0.29, 0.717) is 0 Å². The highest BCUT2D eigenvalue weighted by Gasteiger charge is 2.04. The quantitative estimate of drug-likeness (QED) is 0.565. The molecule has 0 saturated carbocycles. The molecule has 0 fully saturated rings. The fourth-order valence-electron chi connectivity index (χ4n) is 0.911. The van der Waals surface area contributed by atoms with Crippen molar-refractivity contribution in [1.29, 1.82) is 0 Å². The largest absolute Gasteiger partial charge is 0.466 e. The Bertz CT molecular complexity index is 203. The molecule has 0 saturated heterocycles. The standard InChI is InChI=1S/C8H12O.H2S/c1-5-6(2)8(4)9-7(5)3;/h1-4H3;1H2. The van der Waals surface area contributed by atoms with Crippen LogP contribution in [0.25, 0.3) is 0 Å². The van der Waals surface area contributed by atoms with Crippen LogP contribution in [-0.2, 0) is 0 Å². The van der Waals surface area contributed by atoms with Crippen molar-refractivity contribution < 1.29 is 4.42 Å². The Morgan fingerprint density at radius 2 is 1.10 bits per heavy atom.